The molecule has 53 heavy (non-hydrogen) atoms. The van der Waals surface area contributed by atoms with Crippen LogP contribution in [0.15, 0.2) is 170 Å². The molecule has 0 fully saturated rings. The number of hydrogen-bond donors (Lipinski definition) is 0. The third-order valence-corrected chi connectivity index (χ3v) is 11.6. The Morgan fingerprint density at radius 3 is 1.26 bits per heavy atom. The van der Waals surface area contributed by atoms with Gasteiger partial charge < -0.3 is 0 Å². The molecule has 0 radical (unpaired) electrons. The molecule has 12 rings (SSSR count). The minimum Gasteiger partial charge on any atom is -0.278 e. The Morgan fingerprint density at radius 2 is 0.736 bits per heavy atom. The summed E-state index contributed by atoms with van der Waals surface area (Å²) in [7, 11) is 0. The highest BCUT2D eigenvalue weighted by Gasteiger charge is 2.23. The number of aromatic nitrogens is 3. The molecule has 0 atom stereocenters. The molecule has 3 heteroatoms. The summed E-state index contributed by atoms with van der Waals surface area (Å²) < 4.78 is 4.71. The number of fused-ring (bicyclic) bond motifs is 15. The molecule has 2 aliphatic carbocycles. The van der Waals surface area contributed by atoms with Crippen LogP contribution in [0.1, 0.15) is 5.56 Å². The molecule has 0 saturated heterocycles. The van der Waals surface area contributed by atoms with E-state index in [0.717, 1.165) is 33.5 Å². The summed E-state index contributed by atoms with van der Waals surface area (Å²) >= 11 is 0. The fourth-order valence-electron chi connectivity index (χ4n) is 9.35. The number of para-hydroxylation sites is 3. The SMILES string of the molecule is Cc1cccc2c1nc1n(-c3cc4c5c(c3)c3ccccc3c3ccccc3c3cccc(c3-5)c3ccccc3c3ccccc43)c3ccccc3n21. The predicted octanol–water partition coefficient (Wildman–Crippen LogP) is 13.3. The zero-order chi connectivity index (χ0) is 34.8. The second kappa shape index (κ2) is 10.5. The molecule has 10 aromatic rings. The van der Waals surface area contributed by atoms with E-state index < -0.39 is 0 Å². The Hall–Kier alpha value is -6.97. The standard InChI is InChI=1S/C50H31N3/c1-30-14-12-27-46-49(30)51-50-52(44-25-10-11-26-45(44)53(46)50)31-28-42-38-21-8-4-17-34(38)32-15-2-6-19-36(32)40-23-13-24-41-37-20-7-3-16-33(37)35-18-5-9-22-39(35)43(29-31)48(42)47(40)41/h2-29H,1H3. The van der Waals surface area contributed by atoms with Gasteiger partial charge in [-0.1, -0.05) is 140 Å². The van der Waals surface area contributed by atoms with Gasteiger partial charge in [0.25, 0.3) is 0 Å². The van der Waals surface area contributed by atoms with Crippen LogP contribution in [0.5, 0.6) is 0 Å². The van der Waals surface area contributed by atoms with Gasteiger partial charge in [0.05, 0.1) is 27.8 Å². The van der Waals surface area contributed by atoms with E-state index in [1.807, 2.05) is 0 Å². The topological polar surface area (TPSA) is 22.2 Å². The quantitative estimate of drug-likeness (QED) is 0.170. The van der Waals surface area contributed by atoms with Crippen molar-refractivity contribution in [3.8, 4) is 16.8 Å². The van der Waals surface area contributed by atoms with Crippen molar-refractivity contribution in [1.82, 2.24) is 14.0 Å². The first-order chi connectivity index (χ1) is 26.2. The number of imidazole rings is 2. The maximum Gasteiger partial charge on any atom is 0.220 e. The summed E-state index contributed by atoms with van der Waals surface area (Å²) in [6, 6.07) is 62.8. The first-order valence-electron chi connectivity index (χ1n) is 18.3. The molecular formula is C50H31N3. The maximum atomic E-state index is 5.38. The molecule has 0 amide bonds. The highest BCUT2D eigenvalue weighted by atomic mass is 15.2. The largest absolute Gasteiger partial charge is 0.278 e. The Balaban J connectivity index is 1.43. The molecule has 0 bridgehead atoms. The molecular weight excluding hydrogens is 643 g/mol. The molecule has 246 valence electrons. The molecule has 8 aromatic carbocycles. The van der Waals surface area contributed by atoms with Crippen LogP contribution in [0.2, 0.25) is 0 Å². The molecule has 2 aliphatic rings. The van der Waals surface area contributed by atoms with Crippen molar-refractivity contribution >= 4 is 92.5 Å². The Kier molecular flexibility index (Phi) is 5.70. The normalized spacial score (nSPS) is 12.2. The molecule has 2 aromatic heterocycles. The van der Waals surface area contributed by atoms with E-state index >= 15 is 0 Å². The maximum absolute atomic E-state index is 5.38. The van der Waals surface area contributed by atoms with Crippen molar-refractivity contribution in [3.05, 3.63) is 175 Å². The van der Waals surface area contributed by atoms with Gasteiger partial charge in [-0.3, -0.25) is 8.97 Å². The monoisotopic (exact) mass is 673 g/mol. The minimum atomic E-state index is 0.915. The van der Waals surface area contributed by atoms with E-state index in [-0.39, 0.29) is 0 Å². The lowest BCUT2D eigenvalue weighted by molar-refractivity contribution is 1.11. The number of nitrogens with zero attached hydrogens (tertiary/aromatic N) is 3. The van der Waals surface area contributed by atoms with Crippen LogP contribution >= 0.6 is 0 Å². The van der Waals surface area contributed by atoms with E-state index in [9.17, 15) is 0 Å². The molecule has 0 spiro atoms. The van der Waals surface area contributed by atoms with Gasteiger partial charge in [-0.2, -0.15) is 0 Å². The molecule has 2 heterocycles. The van der Waals surface area contributed by atoms with E-state index in [1.165, 1.54) is 81.3 Å². The highest BCUT2D eigenvalue weighted by molar-refractivity contribution is 6.32. The van der Waals surface area contributed by atoms with E-state index in [1.54, 1.807) is 0 Å². The van der Waals surface area contributed by atoms with Crippen molar-refractivity contribution in [3.63, 3.8) is 0 Å². The number of hydrogen-bond acceptors (Lipinski definition) is 1. The second-order valence-electron chi connectivity index (χ2n) is 14.3. The van der Waals surface area contributed by atoms with Crippen molar-refractivity contribution in [2.45, 2.75) is 6.92 Å². The van der Waals surface area contributed by atoms with Crippen molar-refractivity contribution in [1.29, 1.82) is 0 Å². The summed E-state index contributed by atoms with van der Waals surface area (Å²) in [5.74, 6) is 0.915. The zero-order valence-electron chi connectivity index (χ0n) is 29.0. The Bertz CT molecular complexity index is 3380. The van der Waals surface area contributed by atoms with Crippen LogP contribution in [-0.2, 0) is 0 Å². The average molecular weight is 674 g/mol. The lowest BCUT2D eigenvalue weighted by atomic mass is 9.83. The molecule has 0 saturated carbocycles. The lowest BCUT2D eigenvalue weighted by Gasteiger charge is -2.21. The summed E-state index contributed by atoms with van der Waals surface area (Å²) in [6.45, 7) is 2.15. The number of rotatable bonds is 1. The van der Waals surface area contributed by atoms with Crippen LogP contribution in [0.4, 0.5) is 0 Å². The minimum absolute atomic E-state index is 0.915. The third-order valence-electron chi connectivity index (χ3n) is 11.6. The van der Waals surface area contributed by atoms with Crippen LogP contribution < -0.4 is 0 Å². The molecule has 0 unspecified atom stereocenters. The van der Waals surface area contributed by atoms with Crippen LogP contribution in [0.25, 0.3) is 109 Å². The third kappa shape index (κ3) is 3.80. The summed E-state index contributed by atoms with van der Waals surface area (Å²) in [5.41, 5.74) is 9.22. The van der Waals surface area contributed by atoms with Gasteiger partial charge in [-0.05, 0) is 119 Å². The van der Waals surface area contributed by atoms with Gasteiger partial charge >= 0.3 is 0 Å². The molecule has 0 N–H and O–H groups in total. The smallest absolute Gasteiger partial charge is 0.220 e. The summed E-state index contributed by atoms with van der Waals surface area (Å²) in [5, 5.41) is 14.8. The first kappa shape index (κ1) is 28.7. The molecule has 0 aliphatic heterocycles. The predicted molar refractivity (Wildman–Crippen MR) is 225 cm³/mol. The number of aryl methyl sites for hydroxylation is 1. The van der Waals surface area contributed by atoms with Crippen LogP contribution in [-0.4, -0.2) is 14.0 Å². The van der Waals surface area contributed by atoms with Crippen LogP contribution in [0, 0.1) is 6.92 Å². The fraction of sp³-hybridized carbons (Fsp3) is 0.0200. The fourth-order valence-corrected chi connectivity index (χ4v) is 9.35. The Morgan fingerprint density at radius 1 is 0.358 bits per heavy atom. The van der Waals surface area contributed by atoms with Crippen molar-refractivity contribution < 1.29 is 0 Å². The summed E-state index contributed by atoms with van der Waals surface area (Å²) in [4.78, 5) is 5.38. The zero-order valence-corrected chi connectivity index (χ0v) is 29.0. The lowest BCUT2D eigenvalue weighted by Crippen LogP contribution is -1.98. The van der Waals surface area contributed by atoms with Gasteiger partial charge in [-0.25, -0.2) is 4.98 Å². The van der Waals surface area contributed by atoms with Crippen molar-refractivity contribution in [2.24, 2.45) is 0 Å². The first-order valence-corrected chi connectivity index (χ1v) is 18.3. The van der Waals surface area contributed by atoms with Gasteiger partial charge in [0.2, 0.25) is 5.78 Å². The van der Waals surface area contributed by atoms with E-state index in [2.05, 4.69) is 186 Å². The van der Waals surface area contributed by atoms with E-state index in [0.29, 0.717) is 0 Å². The van der Waals surface area contributed by atoms with Gasteiger partial charge in [0, 0.05) is 0 Å². The molecule has 3 nitrogen and oxygen atoms in total. The Labute approximate surface area is 304 Å². The number of benzene rings is 8. The average Bonchev–Trinajstić information content (AvgIpc) is 3.75. The van der Waals surface area contributed by atoms with Crippen LogP contribution in [0.3, 0.4) is 0 Å². The van der Waals surface area contributed by atoms with Crippen molar-refractivity contribution in [2.75, 3.05) is 0 Å². The second-order valence-corrected chi connectivity index (χ2v) is 14.3. The van der Waals surface area contributed by atoms with Gasteiger partial charge in [-0.15, -0.1) is 0 Å². The van der Waals surface area contributed by atoms with Gasteiger partial charge in [0.1, 0.15) is 0 Å². The summed E-state index contributed by atoms with van der Waals surface area (Å²) in [6.07, 6.45) is 0. The highest BCUT2D eigenvalue weighted by Crippen LogP contribution is 2.48. The van der Waals surface area contributed by atoms with Gasteiger partial charge in [0.15, 0.2) is 0 Å². The van der Waals surface area contributed by atoms with E-state index in [4.69, 9.17) is 4.98 Å².